The number of aromatic nitrogens is 2. The van der Waals surface area contributed by atoms with Crippen molar-refractivity contribution in [3.8, 4) is 0 Å². The quantitative estimate of drug-likeness (QED) is 0.339. The fourth-order valence-corrected chi connectivity index (χ4v) is 5.42. The van der Waals surface area contributed by atoms with Crippen LogP contribution in [0.2, 0.25) is 0 Å². The van der Waals surface area contributed by atoms with Gasteiger partial charge in [-0.1, -0.05) is 43.5 Å². The maximum absolute atomic E-state index is 12.9. The van der Waals surface area contributed by atoms with Crippen LogP contribution in [0.5, 0.6) is 0 Å². The van der Waals surface area contributed by atoms with Crippen molar-refractivity contribution in [3.63, 3.8) is 0 Å². The van der Waals surface area contributed by atoms with E-state index < -0.39 is 0 Å². The van der Waals surface area contributed by atoms with Gasteiger partial charge in [0.25, 0.3) is 5.56 Å². The van der Waals surface area contributed by atoms with Gasteiger partial charge in [-0.2, -0.15) is 0 Å². The number of carbonyl (C=O) groups excluding carboxylic acids is 1. The van der Waals surface area contributed by atoms with Crippen LogP contribution < -0.4 is 10.9 Å². The normalized spacial score (nSPS) is 15.6. The Bertz CT molecular complexity index is 893. The molecule has 0 aliphatic heterocycles. The van der Waals surface area contributed by atoms with Gasteiger partial charge in [0.1, 0.15) is 4.83 Å². The van der Waals surface area contributed by atoms with E-state index in [1.807, 2.05) is 13.8 Å². The average Bonchev–Trinajstić information content (AvgIpc) is 2.80. The third-order valence-corrected chi connectivity index (χ3v) is 7.20. The number of fused-ring (bicyclic) bond motifs is 1. The van der Waals surface area contributed by atoms with E-state index in [2.05, 4.69) is 16.9 Å². The summed E-state index contributed by atoms with van der Waals surface area (Å²) in [6.45, 7) is 8.11. The summed E-state index contributed by atoms with van der Waals surface area (Å²) in [6, 6.07) is 0.286. The van der Waals surface area contributed by atoms with Gasteiger partial charge in [0.2, 0.25) is 5.91 Å². The maximum Gasteiger partial charge on any atom is 0.263 e. The molecule has 0 unspecified atom stereocenters. The highest BCUT2D eigenvalue weighted by molar-refractivity contribution is 7.99. The second-order valence-corrected chi connectivity index (χ2v) is 9.25. The maximum atomic E-state index is 12.9. The number of hydrogen-bond donors (Lipinski definition) is 1. The number of thiophene rings is 1. The Morgan fingerprint density at radius 1 is 1.33 bits per heavy atom. The van der Waals surface area contributed by atoms with E-state index in [1.165, 1.54) is 48.8 Å². The molecule has 0 radical (unpaired) electrons. The molecule has 1 saturated carbocycles. The zero-order valence-corrected chi connectivity index (χ0v) is 17.7. The Morgan fingerprint density at radius 2 is 2.04 bits per heavy atom. The molecule has 0 spiro atoms. The third kappa shape index (κ3) is 4.63. The summed E-state index contributed by atoms with van der Waals surface area (Å²) in [5, 5.41) is 4.43. The van der Waals surface area contributed by atoms with Gasteiger partial charge in [0.05, 0.1) is 11.1 Å². The summed E-state index contributed by atoms with van der Waals surface area (Å²) in [7, 11) is 0. The van der Waals surface area contributed by atoms with E-state index in [9.17, 15) is 9.59 Å². The highest BCUT2D eigenvalue weighted by atomic mass is 32.2. The number of amides is 1. The molecule has 0 saturated heterocycles. The van der Waals surface area contributed by atoms with Crippen LogP contribution in [0.4, 0.5) is 0 Å². The molecule has 27 heavy (non-hydrogen) atoms. The molecule has 146 valence electrons. The molecule has 3 rings (SSSR count). The number of nitrogens with zero attached hydrogens (tertiary/aromatic N) is 2. The van der Waals surface area contributed by atoms with E-state index in [-0.39, 0.29) is 23.3 Å². The number of aryl methyl sites for hydroxylation is 2. The number of rotatable bonds is 6. The van der Waals surface area contributed by atoms with Crippen molar-refractivity contribution in [2.45, 2.75) is 70.1 Å². The highest BCUT2D eigenvalue weighted by Crippen LogP contribution is 2.28. The second kappa shape index (κ2) is 9.06. The smallest absolute Gasteiger partial charge is 0.263 e. The minimum atomic E-state index is -0.0478. The lowest BCUT2D eigenvalue weighted by Crippen LogP contribution is -2.35. The summed E-state index contributed by atoms with van der Waals surface area (Å²) in [6.07, 6.45) is 8.72. The van der Waals surface area contributed by atoms with Gasteiger partial charge in [0, 0.05) is 17.5 Å². The van der Waals surface area contributed by atoms with Crippen LogP contribution in [0.25, 0.3) is 10.2 Å². The van der Waals surface area contributed by atoms with Crippen molar-refractivity contribution in [3.05, 3.63) is 33.4 Å². The molecule has 7 heteroatoms. The standard InChI is InChI=1S/C20H27N3O2S2/c1-4-11-23-19(25)17-13(2)14(3)27-18(17)22-20(23)26-12-16(24)21-15-9-7-5-6-8-10-15/h4,15H,1,5-12H2,2-3H3,(H,21,24). The fraction of sp³-hybridized carbons (Fsp3) is 0.550. The molecule has 1 aliphatic carbocycles. The van der Waals surface area contributed by atoms with Crippen molar-refractivity contribution in [2.24, 2.45) is 0 Å². The largest absolute Gasteiger partial charge is 0.353 e. The van der Waals surface area contributed by atoms with Crippen LogP contribution in [-0.2, 0) is 11.3 Å². The number of thioether (sulfide) groups is 1. The summed E-state index contributed by atoms with van der Waals surface area (Å²) < 4.78 is 1.62. The Kier molecular flexibility index (Phi) is 6.76. The van der Waals surface area contributed by atoms with E-state index in [0.29, 0.717) is 17.1 Å². The van der Waals surface area contributed by atoms with Crippen molar-refractivity contribution < 1.29 is 4.79 Å². The molecule has 1 aliphatic rings. The highest BCUT2D eigenvalue weighted by Gasteiger charge is 2.18. The van der Waals surface area contributed by atoms with Gasteiger partial charge in [-0.15, -0.1) is 17.9 Å². The van der Waals surface area contributed by atoms with E-state index >= 15 is 0 Å². The molecule has 1 amide bonds. The molecule has 2 aromatic heterocycles. The minimum absolute atomic E-state index is 0.0185. The lowest BCUT2D eigenvalue weighted by atomic mass is 10.1. The number of carbonyl (C=O) groups is 1. The first-order chi connectivity index (χ1) is 13.0. The van der Waals surface area contributed by atoms with Crippen molar-refractivity contribution in [1.29, 1.82) is 0 Å². The summed E-state index contributed by atoms with van der Waals surface area (Å²) in [5.41, 5.74) is 0.946. The average molecular weight is 406 g/mol. The number of nitrogens with one attached hydrogen (secondary N) is 1. The van der Waals surface area contributed by atoms with Crippen LogP contribution in [0.15, 0.2) is 22.6 Å². The lowest BCUT2D eigenvalue weighted by Gasteiger charge is -2.16. The van der Waals surface area contributed by atoms with Gasteiger partial charge >= 0.3 is 0 Å². The van der Waals surface area contributed by atoms with Crippen molar-refractivity contribution in [1.82, 2.24) is 14.9 Å². The Balaban J connectivity index is 1.77. The zero-order chi connectivity index (χ0) is 19.4. The molecular weight excluding hydrogens is 378 g/mol. The van der Waals surface area contributed by atoms with E-state index in [0.717, 1.165) is 28.1 Å². The van der Waals surface area contributed by atoms with Gasteiger partial charge in [-0.3, -0.25) is 14.2 Å². The summed E-state index contributed by atoms with van der Waals surface area (Å²) >= 11 is 2.87. The molecule has 1 fully saturated rings. The Hall–Kier alpha value is -1.60. The topological polar surface area (TPSA) is 64.0 Å². The molecule has 1 N–H and O–H groups in total. The fourth-order valence-electron chi connectivity index (χ4n) is 3.53. The predicted molar refractivity (Wildman–Crippen MR) is 114 cm³/mol. The zero-order valence-electron chi connectivity index (χ0n) is 16.0. The minimum Gasteiger partial charge on any atom is -0.353 e. The molecule has 0 bridgehead atoms. The molecule has 5 nitrogen and oxygen atoms in total. The monoisotopic (exact) mass is 405 g/mol. The van der Waals surface area contributed by atoms with Crippen LogP contribution in [-0.4, -0.2) is 27.3 Å². The van der Waals surface area contributed by atoms with Crippen molar-refractivity contribution in [2.75, 3.05) is 5.75 Å². The van der Waals surface area contributed by atoms with Gasteiger partial charge in [0.15, 0.2) is 5.16 Å². The Labute approximate surface area is 168 Å². The van der Waals surface area contributed by atoms with E-state index in [4.69, 9.17) is 0 Å². The van der Waals surface area contributed by atoms with Gasteiger partial charge in [-0.05, 0) is 32.3 Å². The third-order valence-electron chi connectivity index (χ3n) is 5.12. The molecule has 2 heterocycles. The van der Waals surface area contributed by atoms with E-state index in [1.54, 1.807) is 10.6 Å². The lowest BCUT2D eigenvalue weighted by molar-refractivity contribution is -0.119. The predicted octanol–water partition coefficient (Wildman–Crippen LogP) is 4.19. The van der Waals surface area contributed by atoms with Gasteiger partial charge in [-0.25, -0.2) is 4.98 Å². The first-order valence-electron chi connectivity index (χ1n) is 9.55. The van der Waals surface area contributed by atoms with Crippen LogP contribution in [0, 0.1) is 13.8 Å². The SMILES string of the molecule is C=CCn1c(SCC(=O)NC2CCCCCC2)nc2sc(C)c(C)c2c1=O. The Morgan fingerprint density at radius 3 is 2.70 bits per heavy atom. The first-order valence-corrected chi connectivity index (χ1v) is 11.3. The van der Waals surface area contributed by atoms with Crippen LogP contribution in [0.1, 0.15) is 49.0 Å². The van der Waals surface area contributed by atoms with Crippen molar-refractivity contribution >= 4 is 39.2 Å². The summed E-state index contributed by atoms with van der Waals surface area (Å²) in [5.74, 6) is 0.291. The number of allylic oxidation sites excluding steroid dienone is 1. The molecule has 0 aromatic carbocycles. The first kappa shape index (κ1) is 20.1. The van der Waals surface area contributed by atoms with Crippen LogP contribution >= 0.6 is 23.1 Å². The van der Waals surface area contributed by atoms with Gasteiger partial charge < -0.3 is 5.32 Å². The molecule has 2 aromatic rings. The molecular formula is C20H27N3O2S2. The molecule has 0 atom stereocenters. The second-order valence-electron chi connectivity index (χ2n) is 7.11. The van der Waals surface area contributed by atoms with Crippen LogP contribution in [0.3, 0.4) is 0 Å². The number of hydrogen-bond acceptors (Lipinski definition) is 5. The summed E-state index contributed by atoms with van der Waals surface area (Å²) in [4.78, 5) is 31.9.